The monoisotopic (exact) mass is 165 g/mol. The standard InChI is InChI=1S/C8H11N3O/c1-3-7-4-9-5-8(11-7)10-6(2)12/h4-5H,3H2,1-2H3,(H,10,11,12). The predicted octanol–water partition coefficient (Wildman–Crippen LogP) is 0.997. The molecule has 1 heterocycles. The van der Waals surface area contributed by atoms with Crippen LogP contribution in [0.5, 0.6) is 0 Å². The van der Waals surface area contributed by atoms with Gasteiger partial charge >= 0.3 is 0 Å². The minimum Gasteiger partial charge on any atom is -0.310 e. The Bertz CT molecular complexity index is 285. The van der Waals surface area contributed by atoms with Gasteiger partial charge in [0.2, 0.25) is 5.91 Å². The average Bonchev–Trinajstić information content (AvgIpc) is 2.03. The number of aromatic nitrogens is 2. The summed E-state index contributed by atoms with van der Waals surface area (Å²) >= 11 is 0. The summed E-state index contributed by atoms with van der Waals surface area (Å²) in [6.07, 6.45) is 4.03. The van der Waals surface area contributed by atoms with Crippen LogP contribution in [0.2, 0.25) is 0 Å². The van der Waals surface area contributed by atoms with Crippen molar-refractivity contribution in [2.45, 2.75) is 20.3 Å². The SMILES string of the molecule is CCc1cncc(NC(C)=O)n1. The van der Waals surface area contributed by atoms with Crippen molar-refractivity contribution in [2.24, 2.45) is 0 Å². The van der Waals surface area contributed by atoms with Crippen molar-refractivity contribution in [2.75, 3.05) is 5.32 Å². The van der Waals surface area contributed by atoms with E-state index in [0.717, 1.165) is 12.1 Å². The van der Waals surface area contributed by atoms with Gasteiger partial charge in [0.05, 0.1) is 11.9 Å². The van der Waals surface area contributed by atoms with Gasteiger partial charge in [0, 0.05) is 13.1 Å². The molecule has 0 aromatic carbocycles. The maximum absolute atomic E-state index is 10.6. The Morgan fingerprint density at radius 1 is 1.58 bits per heavy atom. The first-order valence-electron chi connectivity index (χ1n) is 3.81. The number of anilines is 1. The maximum atomic E-state index is 10.6. The first-order valence-corrected chi connectivity index (χ1v) is 3.81. The van der Waals surface area contributed by atoms with E-state index in [1.807, 2.05) is 6.92 Å². The number of aryl methyl sites for hydroxylation is 1. The minimum atomic E-state index is -0.127. The van der Waals surface area contributed by atoms with E-state index in [2.05, 4.69) is 15.3 Å². The third kappa shape index (κ3) is 2.30. The fourth-order valence-corrected chi connectivity index (χ4v) is 0.817. The molecule has 1 rings (SSSR count). The summed E-state index contributed by atoms with van der Waals surface area (Å²) in [6.45, 7) is 3.43. The molecular weight excluding hydrogens is 154 g/mol. The van der Waals surface area contributed by atoms with Gasteiger partial charge in [-0.2, -0.15) is 0 Å². The van der Waals surface area contributed by atoms with Gasteiger partial charge in [-0.25, -0.2) is 4.98 Å². The Kier molecular flexibility index (Phi) is 2.74. The van der Waals surface area contributed by atoms with Crippen LogP contribution in [0.4, 0.5) is 5.82 Å². The lowest BCUT2D eigenvalue weighted by Crippen LogP contribution is -2.08. The van der Waals surface area contributed by atoms with E-state index < -0.39 is 0 Å². The number of carbonyl (C=O) groups excluding carboxylic acids is 1. The average molecular weight is 165 g/mol. The second kappa shape index (κ2) is 3.80. The normalized spacial score (nSPS) is 9.50. The van der Waals surface area contributed by atoms with Crippen molar-refractivity contribution >= 4 is 11.7 Å². The number of nitrogens with zero attached hydrogens (tertiary/aromatic N) is 2. The Morgan fingerprint density at radius 2 is 2.33 bits per heavy atom. The third-order valence-corrected chi connectivity index (χ3v) is 1.35. The smallest absolute Gasteiger partial charge is 0.222 e. The van der Waals surface area contributed by atoms with E-state index in [1.54, 1.807) is 6.20 Å². The lowest BCUT2D eigenvalue weighted by atomic mass is 10.3. The molecule has 0 saturated heterocycles. The summed E-state index contributed by atoms with van der Waals surface area (Å²) in [5.41, 5.74) is 0.876. The molecule has 1 aromatic heterocycles. The number of rotatable bonds is 2. The van der Waals surface area contributed by atoms with Crippen LogP contribution in [-0.4, -0.2) is 15.9 Å². The molecule has 0 bridgehead atoms. The summed E-state index contributed by atoms with van der Waals surface area (Å²) in [4.78, 5) is 18.7. The van der Waals surface area contributed by atoms with Gasteiger partial charge in [0.25, 0.3) is 0 Å². The van der Waals surface area contributed by atoms with Crippen LogP contribution in [0.3, 0.4) is 0 Å². The van der Waals surface area contributed by atoms with E-state index in [4.69, 9.17) is 0 Å². The molecule has 0 aliphatic carbocycles. The summed E-state index contributed by atoms with van der Waals surface area (Å²) in [5, 5.41) is 2.57. The molecule has 4 heteroatoms. The first-order chi connectivity index (χ1) is 5.72. The van der Waals surface area contributed by atoms with Crippen LogP contribution in [0.15, 0.2) is 12.4 Å². The Labute approximate surface area is 71.0 Å². The molecule has 0 atom stereocenters. The van der Waals surface area contributed by atoms with Gasteiger partial charge in [0.15, 0.2) is 5.82 Å². The topological polar surface area (TPSA) is 54.9 Å². The predicted molar refractivity (Wildman–Crippen MR) is 45.7 cm³/mol. The van der Waals surface area contributed by atoms with E-state index in [9.17, 15) is 4.79 Å². The Balaban J connectivity index is 2.79. The number of carbonyl (C=O) groups is 1. The lowest BCUT2D eigenvalue weighted by Gasteiger charge is -2.00. The van der Waals surface area contributed by atoms with E-state index in [0.29, 0.717) is 5.82 Å². The van der Waals surface area contributed by atoms with E-state index in [1.165, 1.54) is 13.1 Å². The van der Waals surface area contributed by atoms with Gasteiger partial charge in [-0.05, 0) is 6.42 Å². The molecule has 64 valence electrons. The largest absolute Gasteiger partial charge is 0.310 e. The van der Waals surface area contributed by atoms with Crippen LogP contribution < -0.4 is 5.32 Å². The number of hydrogen-bond donors (Lipinski definition) is 1. The molecule has 0 aliphatic rings. The molecule has 0 fully saturated rings. The van der Waals surface area contributed by atoms with Crippen molar-refractivity contribution in [3.8, 4) is 0 Å². The highest BCUT2D eigenvalue weighted by molar-refractivity contribution is 5.87. The Morgan fingerprint density at radius 3 is 2.92 bits per heavy atom. The quantitative estimate of drug-likeness (QED) is 0.711. The fraction of sp³-hybridized carbons (Fsp3) is 0.375. The summed E-state index contributed by atoms with van der Waals surface area (Å²) in [7, 11) is 0. The minimum absolute atomic E-state index is 0.127. The number of amides is 1. The van der Waals surface area contributed by atoms with E-state index >= 15 is 0 Å². The van der Waals surface area contributed by atoms with Crippen molar-refractivity contribution in [1.82, 2.24) is 9.97 Å². The van der Waals surface area contributed by atoms with E-state index in [-0.39, 0.29) is 5.91 Å². The lowest BCUT2D eigenvalue weighted by molar-refractivity contribution is -0.114. The summed E-state index contributed by atoms with van der Waals surface area (Å²) < 4.78 is 0. The zero-order valence-corrected chi connectivity index (χ0v) is 7.16. The molecule has 0 aliphatic heterocycles. The first kappa shape index (κ1) is 8.64. The molecular formula is C8H11N3O. The zero-order chi connectivity index (χ0) is 8.97. The summed E-state index contributed by atoms with van der Waals surface area (Å²) in [5.74, 6) is 0.388. The van der Waals surface area contributed by atoms with Gasteiger partial charge < -0.3 is 5.32 Å². The van der Waals surface area contributed by atoms with Crippen LogP contribution in [0.1, 0.15) is 19.5 Å². The van der Waals surface area contributed by atoms with Crippen molar-refractivity contribution in [3.05, 3.63) is 18.1 Å². The molecule has 0 spiro atoms. The number of hydrogen-bond acceptors (Lipinski definition) is 3. The zero-order valence-electron chi connectivity index (χ0n) is 7.16. The fourth-order valence-electron chi connectivity index (χ4n) is 0.817. The van der Waals surface area contributed by atoms with Gasteiger partial charge in [-0.3, -0.25) is 9.78 Å². The van der Waals surface area contributed by atoms with Crippen molar-refractivity contribution in [3.63, 3.8) is 0 Å². The third-order valence-electron chi connectivity index (χ3n) is 1.35. The van der Waals surface area contributed by atoms with Gasteiger partial charge in [0.1, 0.15) is 0 Å². The van der Waals surface area contributed by atoms with Crippen LogP contribution in [-0.2, 0) is 11.2 Å². The molecule has 0 saturated carbocycles. The second-order valence-electron chi connectivity index (χ2n) is 2.43. The van der Waals surface area contributed by atoms with Gasteiger partial charge in [-0.15, -0.1) is 0 Å². The van der Waals surface area contributed by atoms with Crippen molar-refractivity contribution < 1.29 is 4.79 Å². The van der Waals surface area contributed by atoms with Crippen LogP contribution in [0, 0.1) is 0 Å². The number of nitrogens with one attached hydrogen (secondary N) is 1. The second-order valence-corrected chi connectivity index (χ2v) is 2.43. The summed E-state index contributed by atoms with van der Waals surface area (Å²) in [6, 6.07) is 0. The van der Waals surface area contributed by atoms with Crippen LogP contribution in [0.25, 0.3) is 0 Å². The highest BCUT2D eigenvalue weighted by atomic mass is 16.1. The molecule has 0 unspecified atom stereocenters. The molecule has 4 nitrogen and oxygen atoms in total. The molecule has 0 radical (unpaired) electrons. The molecule has 1 aromatic rings. The Hall–Kier alpha value is -1.45. The molecule has 1 N–H and O–H groups in total. The molecule has 1 amide bonds. The maximum Gasteiger partial charge on any atom is 0.222 e. The highest BCUT2D eigenvalue weighted by Crippen LogP contribution is 2.01. The highest BCUT2D eigenvalue weighted by Gasteiger charge is 1.97. The molecule has 12 heavy (non-hydrogen) atoms. The van der Waals surface area contributed by atoms with Crippen molar-refractivity contribution in [1.29, 1.82) is 0 Å². The van der Waals surface area contributed by atoms with Crippen LogP contribution >= 0.6 is 0 Å². The van der Waals surface area contributed by atoms with Gasteiger partial charge in [-0.1, -0.05) is 6.92 Å².